The number of carbonyl (C=O) groups is 2. The highest BCUT2D eigenvalue weighted by Crippen LogP contribution is 2.38. The maximum absolute atomic E-state index is 13.1. The molecule has 1 spiro atoms. The Bertz CT molecular complexity index is 386. The standard InChI is InChI=1S/C17H30N2O2/c1-4-11-14-15(20)19(5-2)17(16(21)18(14)3)12-9-7-6-8-10-13-17/h14H,4-13H2,1-3H3/t14-/m0/s1. The van der Waals surface area contributed by atoms with Crippen LogP contribution in [0.4, 0.5) is 0 Å². The fourth-order valence-electron chi connectivity index (χ4n) is 4.16. The Kier molecular flexibility index (Phi) is 5.28. The fourth-order valence-corrected chi connectivity index (χ4v) is 4.16. The second-order valence-electron chi connectivity index (χ2n) is 6.60. The summed E-state index contributed by atoms with van der Waals surface area (Å²) in [6, 6.07) is -0.251. The van der Waals surface area contributed by atoms with Crippen LogP contribution in [0, 0.1) is 0 Å². The second-order valence-corrected chi connectivity index (χ2v) is 6.60. The van der Waals surface area contributed by atoms with Crippen molar-refractivity contribution in [1.29, 1.82) is 0 Å². The van der Waals surface area contributed by atoms with E-state index in [1.54, 1.807) is 4.90 Å². The molecule has 2 amide bonds. The molecule has 0 aromatic carbocycles. The van der Waals surface area contributed by atoms with Crippen LogP contribution in [0.3, 0.4) is 0 Å². The van der Waals surface area contributed by atoms with Gasteiger partial charge in [0.05, 0.1) is 0 Å². The van der Waals surface area contributed by atoms with Crippen LogP contribution in [0.2, 0.25) is 0 Å². The monoisotopic (exact) mass is 294 g/mol. The highest BCUT2D eigenvalue weighted by Gasteiger charge is 2.53. The zero-order valence-corrected chi connectivity index (χ0v) is 13.9. The summed E-state index contributed by atoms with van der Waals surface area (Å²) in [5.41, 5.74) is -0.550. The molecule has 1 aliphatic carbocycles. The molecule has 0 aromatic heterocycles. The number of hydrogen-bond acceptors (Lipinski definition) is 2. The van der Waals surface area contributed by atoms with E-state index in [1.807, 2.05) is 18.9 Å². The molecular weight excluding hydrogens is 264 g/mol. The minimum absolute atomic E-state index is 0.169. The Labute approximate surface area is 128 Å². The average molecular weight is 294 g/mol. The molecule has 0 radical (unpaired) electrons. The molecule has 120 valence electrons. The van der Waals surface area contributed by atoms with E-state index in [9.17, 15) is 9.59 Å². The molecule has 2 aliphatic rings. The van der Waals surface area contributed by atoms with E-state index in [-0.39, 0.29) is 17.9 Å². The predicted molar refractivity (Wildman–Crippen MR) is 83.9 cm³/mol. The van der Waals surface area contributed by atoms with E-state index in [1.165, 1.54) is 19.3 Å². The molecule has 4 nitrogen and oxygen atoms in total. The number of likely N-dealkylation sites (N-methyl/N-ethyl adjacent to an activating group) is 2. The molecule has 0 N–H and O–H groups in total. The van der Waals surface area contributed by atoms with Gasteiger partial charge in [0.25, 0.3) is 0 Å². The van der Waals surface area contributed by atoms with E-state index in [4.69, 9.17) is 0 Å². The van der Waals surface area contributed by atoms with E-state index >= 15 is 0 Å². The molecule has 0 aromatic rings. The number of rotatable bonds is 3. The molecule has 1 saturated carbocycles. The lowest BCUT2D eigenvalue weighted by Crippen LogP contribution is -2.70. The van der Waals surface area contributed by atoms with Gasteiger partial charge in [-0.3, -0.25) is 9.59 Å². The van der Waals surface area contributed by atoms with Crippen molar-refractivity contribution < 1.29 is 9.59 Å². The van der Waals surface area contributed by atoms with Crippen molar-refractivity contribution in [3.05, 3.63) is 0 Å². The minimum Gasteiger partial charge on any atom is -0.332 e. The number of carbonyl (C=O) groups excluding carboxylic acids is 2. The lowest BCUT2D eigenvalue weighted by atomic mass is 9.78. The van der Waals surface area contributed by atoms with Crippen LogP contribution in [0.5, 0.6) is 0 Å². The minimum atomic E-state index is -0.550. The van der Waals surface area contributed by atoms with Gasteiger partial charge in [-0.2, -0.15) is 0 Å². The molecule has 4 heteroatoms. The molecule has 2 rings (SSSR count). The van der Waals surface area contributed by atoms with Gasteiger partial charge >= 0.3 is 0 Å². The summed E-state index contributed by atoms with van der Waals surface area (Å²) in [5.74, 6) is 0.353. The molecule has 1 saturated heterocycles. The van der Waals surface area contributed by atoms with Gasteiger partial charge in [0.15, 0.2) is 0 Å². The molecule has 21 heavy (non-hydrogen) atoms. The van der Waals surface area contributed by atoms with Crippen molar-refractivity contribution >= 4 is 11.8 Å². The van der Waals surface area contributed by atoms with Crippen LogP contribution >= 0.6 is 0 Å². The number of amides is 2. The van der Waals surface area contributed by atoms with Gasteiger partial charge in [0.1, 0.15) is 11.6 Å². The molecule has 1 atom stereocenters. The van der Waals surface area contributed by atoms with Gasteiger partial charge in [-0.05, 0) is 26.2 Å². The predicted octanol–water partition coefficient (Wildman–Crippen LogP) is 2.96. The smallest absolute Gasteiger partial charge is 0.248 e. The SMILES string of the molecule is CCC[C@H]1C(=O)N(CC)C2(CCCCCCC2)C(=O)N1C. The van der Waals surface area contributed by atoms with E-state index in [0.717, 1.165) is 38.5 Å². The molecular formula is C17H30N2O2. The summed E-state index contributed by atoms with van der Waals surface area (Å²) in [4.78, 5) is 29.7. The van der Waals surface area contributed by atoms with Gasteiger partial charge in [-0.15, -0.1) is 0 Å². The lowest BCUT2D eigenvalue weighted by molar-refractivity contribution is -0.171. The van der Waals surface area contributed by atoms with Gasteiger partial charge < -0.3 is 9.80 Å². The number of piperazine rings is 1. The highest BCUT2D eigenvalue weighted by molar-refractivity contribution is 5.99. The second kappa shape index (κ2) is 6.80. The molecule has 2 fully saturated rings. The van der Waals surface area contributed by atoms with Crippen LogP contribution in [0.1, 0.15) is 71.6 Å². The summed E-state index contributed by atoms with van der Waals surface area (Å²) in [6.07, 6.45) is 9.13. The van der Waals surface area contributed by atoms with E-state index < -0.39 is 5.54 Å². The van der Waals surface area contributed by atoms with Gasteiger partial charge in [0.2, 0.25) is 11.8 Å². The fraction of sp³-hybridized carbons (Fsp3) is 0.882. The Morgan fingerprint density at radius 2 is 1.62 bits per heavy atom. The van der Waals surface area contributed by atoms with Crippen LogP contribution in [-0.2, 0) is 9.59 Å². The Hall–Kier alpha value is -1.06. The van der Waals surface area contributed by atoms with E-state index in [0.29, 0.717) is 6.54 Å². The first-order chi connectivity index (χ1) is 10.1. The summed E-state index contributed by atoms with van der Waals surface area (Å²) in [5, 5.41) is 0. The quantitative estimate of drug-likeness (QED) is 0.803. The average Bonchev–Trinajstić information content (AvgIpc) is 2.45. The number of hydrogen-bond donors (Lipinski definition) is 0. The van der Waals surface area contributed by atoms with Crippen molar-refractivity contribution in [3.63, 3.8) is 0 Å². The van der Waals surface area contributed by atoms with Crippen molar-refractivity contribution in [1.82, 2.24) is 9.80 Å². The van der Waals surface area contributed by atoms with E-state index in [2.05, 4.69) is 6.92 Å². The first-order valence-corrected chi connectivity index (χ1v) is 8.67. The zero-order valence-electron chi connectivity index (χ0n) is 13.9. The van der Waals surface area contributed by atoms with Crippen molar-refractivity contribution in [2.75, 3.05) is 13.6 Å². The third-order valence-corrected chi connectivity index (χ3v) is 5.31. The molecule has 0 bridgehead atoms. The maximum Gasteiger partial charge on any atom is 0.248 e. The Morgan fingerprint density at radius 1 is 1.05 bits per heavy atom. The first-order valence-electron chi connectivity index (χ1n) is 8.67. The molecule has 0 unspecified atom stereocenters. The third kappa shape index (κ3) is 2.82. The van der Waals surface area contributed by atoms with Gasteiger partial charge in [-0.1, -0.05) is 45.4 Å². The maximum atomic E-state index is 13.1. The summed E-state index contributed by atoms with van der Waals surface area (Å²) in [7, 11) is 1.83. The molecule has 1 heterocycles. The Morgan fingerprint density at radius 3 is 2.14 bits per heavy atom. The first kappa shape index (κ1) is 16.3. The van der Waals surface area contributed by atoms with Crippen LogP contribution in [0.15, 0.2) is 0 Å². The third-order valence-electron chi connectivity index (χ3n) is 5.31. The van der Waals surface area contributed by atoms with Crippen LogP contribution in [0.25, 0.3) is 0 Å². The topological polar surface area (TPSA) is 40.6 Å². The van der Waals surface area contributed by atoms with Crippen LogP contribution < -0.4 is 0 Å². The summed E-state index contributed by atoms with van der Waals surface area (Å²) >= 11 is 0. The Balaban J connectivity index is 2.34. The summed E-state index contributed by atoms with van der Waals surface area (Å²) in [6.45, 7) is 4.74. The largest absolute Gasteiger partial charge is 0.332 e. The van der Waals surface area contributed by atoms with Gasteiger partial charge in [-0.25, -0.2) is 0 Å². The zero-order chi connectivity index (χ0) is 15.5. The lowest BCUT2D eigenvalue weighted by Gasteiger charge is -2.52. The summed E-state index contributed by atoms with van der Waals surface area (Å²) < 4.78 is 0. The van der Waals surface area contributed by atoms with Crippen molar-refractivity contribution in [3.8, 4) is 0 Å². The number of nitrogens with zero attached hydrogens (tertiary/aromatic N) is 2. The normalized spacial score (nSPS) is 26.9. The molecule has 1 aliphatic heterocycles. The highest BCUT2D eigenvalue weighted by atomic mass is 16.2. The van der Waals surface area contributed by atoms with Crippen LogP contribution in [-0.4, -0.2) is 46.8 Å². The van der Waals surface area contributed by atoms with Gasteiger partial charge in [0, 0.05) is 13.6 Å². The van der Waals surface area contributed by atoms with Crippen molar-refractivity contribution in [2.24, 2.45) is 0 Å². The van der Waals surface area contributed by atoms with Crippen molar-refractivity contribution in [2.45, 2.75) is 83.2 Å².